The van der Waals surface area contributed by atoms with Crippen LogP contribution in [0.3, 0.4) is 0 Å². The number of para-hydroxylation sites is 1. The molecule has 7 nitrogen and oxygen atoms in total. The van der Waals surface area contributed by atoms with Crippen LogP contribution >= 0.6 is 0 Å². The second-order valence-corrected chi connectivity index (χ2v) is 10.3. The van der Waals surface area contributed by atoms with Crippen LogP contribution in [0.4, 0.5) is 4.39 Å². The van der Waals surface area contributed by atoms with Crippen LogP contribution in [0.15, 0.2) is 90.0 Å². The molecule has 0 saturated carbocycles. The third-order valence-corrected chi connectivity index (χ3v) is 7.94. The molecule has 0 amide bonds. The Bertz CT molecular complexity index is 1480. The van der Waals surface area contributed by atoms with Crippen LogP contribution in [-0.4, -0.2) is 54.6 Å². The second kappa shape index (κ2) is 10.1. The number of sulfonamides is 1. The molecule has 1 aliphatic rings. The Balaban J connectivity index is 1.49. The molecule has 3 aromatic carbocycles. The minimum Gasteiger partial charge on any atom is -0.379 e. The normalized spacial score (nSPS) is 14.6. The van der Waals surface area contributed by atoms with E-state index >= 15 is 0 Å². The Kier molecular flexibility index (Phi) is 6.77. The van der Waals surface area contributed by atoms with Gasteiger partial charge in [-0.15, -0.1) is 0 Å². The molecule has 0 spiro atoms. The number of nitrogens with zero attached hydrogens (tertiary/aromatic N) is 3. The van der Waals surface area contributed by atoms with Gasteiger partial charge in [0.05, 0.1) is 24.5 Å². The SMILES string of the molecule is O=C(Cc1ccc(F)c(S(=O)(=O)N2CCOCC2)c1)c1cn(-c2ccccc2)nc1-c1ccccc1. The molecule has 0 atom stereocenters. The fraction of sp³-hybridized carbons (Fsp3) is 0.185. The molecule has 0 unspecified atom stereocenters. The lowest BCUT2D eigenvalue weighted by Gasteiger charge is -2.26. The van der Waals surface area contributed by atoms with Gasteiger partial charge in [0.15, 0.2) is 5.78 Å². The summed E-state index contributed by atoms with van der Waals surface area (Å²) in [6.07, 6.45) is 1.57. The van der Waals surface area contributed by atoms with Crippen molar-refractivity contribution in [2.75, 3.05) is 26.3 Å². The lowest BCUT2D eigenvalue weighted by Crippen LogP contribution is -2.40. The summed E-state index contributed by atoms with van der Waals surface area (Å²) in [5.74, 6) is -1.10. The number of morpholine rings is 1. The molecule has 0 N–H and O–H groups in total. The van der Waals surface area contributed by atoms with Gasteiger partial charge in [0.2, 0.25) is 10.0 Å². The van der Waals surface area contributed by atoms with E-state index in [1.165, 1.54) is 16.4 Å². The van der Waals surface area contributed by atoms with E-state index in [9.17, 15) is 17.6 Å². The third kappa shape index (κ3) is 4.86. The Morgan fingerprint density at radius 1 is 0.944 bits per heavy atom. The zero-order chi connectivity index (χ0) is 25.1. The van der Waals surface area contributed by atoms with Gasteiger partial charge in [-0.1, -0.05) is 54.6 Å². The first-order chi connectivity index (χ1) is 17.4. The average molecular weight is 506 g/mol. The monoisotopic (exact) mass is 505 g/mol. The van der Waals surface area contributed by atoms with Crippen LogP contribution in [0, 0.1) is 5.82 Å². The van der Waals surface area contributed by atoms with Crippen LogP contribution in [0.1, 0.15) is 15.9 Å². The van der Waals surface area contributed by atoms with Crippen LogP contribution in [0.5, 0.6) is 0 Å². The maximum absolute atomic E-state index is 14.6. The highest BCUT2D eigenvalue weighted by Crippen LogP contribution is 2.27. The number of hydrogen-bond donors (Lipinski definition) is 0. The lowest BCUT2D eigenvalue weighted by atomic mass is 10.0. The Morgan fingerprint density at radius 3 is 2.31 bits per heavy atom. The number of ketones is 1. The molecule has 0 radical (unpaired) electrons. The van der Waals surface area contributed by atoms with Crippen LogP contribution in [0.25, 0.3) is 16.9 Å². The maximum atomic E-state index is 14.6. The summed E-state index contributed by atoms with van der Waals surface area (Å²) in [6, 6.07) is 22.6. The minimum absolute atomic E-state index is 0.105. The number of rotatable bonds is 7. The van der Waals surface area contributed by atoms with Crippen molar-refractivity contribution in [3.8, 4) is 16.9 Å². The Labute approximate surface area is 208 Å². The summed E-state index contributed by atoms with van der Waals surface area (Å²) in [4.78, 5) is 13.0. The number of aromatic nitrogens is 2. The van der Waals surface area contributed by atoms with E-state index in [2.05, 4.69) is 5.10 Å². The fourth-order valence-electron chi connectivity index (χ4n) is 4.16. The summed E-state index contributed by atoms with van der Waals surface area (Å²) in [5.41, 5.74) is 2.90. The van der Waals surface area contributed by atoms with Gasteiger partial charge in [-0.2, -0.15) is 9.40 Å². The Morgan fingerprint density at radius 2 is 1.61 bits per heavy atom. The number of halogens is 1. The molecule has 2 heterocycles. The van der Waals surface area contributed by atoms with Gasteiger partial charge < -0.3 is 4.74 Å². The van der Waals surface area contributed by atoms with E-state index in [0.29, 0.717) is 16.8 Å². The molecule has 0 bridgehead atoms. The molecule has 1 aliphatic heterocycles. The van der Waals surface area contributed by atoms with E-state index in [0.717, 1.165) is 17.3 Å². The molecule has 0 aliphatic carbocycles. The summed E-state index contributed by atoms with van der Waals surface area (Å²) in [7, 11) is -4.05. The number of benzene rings is 3. The summed E-state index contributed by atoms with van der Waals surface area (Å²) >= 11 is 0. The van der Waals surface area contributed by atoms with Gasteiger partial charge in [0.25, 0.3) is 0 Å². The maximum Gasteiger partial charge on any atom is 0.246 e. The predicted octanol–water partition coefficient (Wildman–Crippen LogP) is 4.12. The molecular formula is C27H24FN3O4S. The molecule has 5 rings (SSSR count). The average Bonchev–Trinajstić information content (AvgIpc) is 3.37. The first-order valence-electron chi connectivity index (χ1n) is 11.5. The van der Waals surface area contributed by atoms with Crippen molar-refractivity contribution < 1.29 is 22.3 Å². The third-order valence-electron chi connectivity index (χ3n) is 6.03. The fourth-order valence-corrected chi connectivity index (χ4v) is 5.69. The minimum atomic E-state index is -4.05. The number of hydrogen-bond acceptors (Lipinski definition) is 5. The van der Waals surface area contributed by atoms with E-state index in [-0.39, 0.29) is 38.5 Å². The molecule has 1 aromatic heterocycles. The van der Waals surface area contributed by atoms with Crippen molar-refractivity contribution in [1.29, 1.82) is 0 Å². The highest BCUT2D eigenvalue weighted by molar-refractivity contribution is 7.89. The van der Waals surface area contributed by atoms with E-state index < -0.39 is 20.7 Å². The largest absolute Gasteiger partial charge is 0.379 e. The first-order valence-corrected chi connectivity index (χ1v) is 13.0. The van der Waals surface area contributed by atoms with Crippen molar-refractivity contribution in [2.24, 2.45) is 0 Å². The topological polar surface area (TPSA) is 81.5 Å². The molecule has 184 valence electrons. The van der Waals surface area contributed by atoms with Gasteiger partial charge in [-0.25, -0.2) is 17.5 Å². The lowest BCUT2D eigenvalue weighted by molar-refractivity contribution is 0.0729. The quantitative estimate of drug-likeness (QED) is 0.353. The van der Waals surface area contributed by atoms with Crippen LogP contribution < -0.4 is 0 Å². The summed E-state index contributed by atoms with van der Waals surface area (Å²) < 4.78 is 48.8. The van der Waals surface area contributed by atoms with E-state index in [1.807, 2.05) is 60.7 Å². The molecule has 4 aromatic rings. The van der Waals surface area contributed by atoms with E-state index in [4.69, 9.17) is 4.74 Å². The van der Waals surface area contributed by atoms with Crippen molar-refractivity contribution in [2.45, 2.75) is 11.3 Å². The standard InChI is InChI=1S/C27H24FN3O4S/c28-24-12-11-20(18-26(24)36(33,34)30-13-15-35-16-14-30)17-25(32)23-19-31(22-9-5-2-6-10-22)29-27(23)21-7-3-1-4-8-21/h1-12,18-19H,13-17H2. The second-order valence-electron chi connectivity index (χ2n) is 8.42. The number of ether oxygens (including phenoxy) is 1. The highest BCUT2D eigenvalue weighted by Gasteiger charge is 2.29. The number of Topliss-reactive ketones (excluding diaryl/α,β-unsaturated/α-hetero) is 1. The first kappa shape index (κ1) is 24.1. The molecular weight excluding hydrogens is 481 g/mol. The van der Waals surface area contributed by atoms with Crippen LogP contribution in [0.2, 0.25) is 0 Å². The Hall–Kier alpha value is -3.66. The molecule has 9 heteroatoms. The molecule has 1 fully saturated rings. The van der Waals surface area contributed by atoms with Gasteiger partial charge in [-0.05, 0) is 29.8 Å². The van der Waals surface area contributed by atoms with E-state index in [1.54, 1.807) is 10.9 Å². The predicted molar refractivity (Wildman–Crippen MR) is 133 cm³/mol. The van der Waals surface area contributed by atoms with Gasteiger partial charge >= 0.3 is 0 Å². The van der Waals surface area contributed by atoms with Crippen molar-refractivity contribution in [3.63, 3.8) is 0 Å². The smallest absolute Gasteiger partial charge is 0.246 e. The zero-order valence-electron chi connectivity index (χ0n) is 19.4. The highest BCUT2D eigenvalue weighted by atomic mass is 32.2. The summed E-state index contributed by atoms with van der Waals surface area (Å²) in [5, 5.41) is 4.67. The van der Waals surface area contributed by atoms with Crippen molar-refractivity contribution in [1.82, 2.24) is 14.1 Å². The number of carbonyl (C=O) groups excluding carboxylic acids is 1. The molecule has 1 saturated heterocycles. The van der Waals surface area contributed by atoms with Crippen molar-refractivity contribution >= 4 is 15.8 Å². The van der Waals surface area contributed by atoms with Gasteiger partial charge in [0, 0.05) is 31.3 Å². The summed E-state index contributed by atoms with van der Waals surface area (Å²) in [6.45, 7) is 0.827. The van der Waals surface area contributed by atoms with Crippen molar-refractivity contribution in [3.05, 3.63) is 102 Å². The molecule has 36 heavy (non-hydrogen) atoms. The van der Waals surface area contributed by atoms with Crippen LogP contribution in [-0.2, 0) is 21.2 Å². The number of carbonyl (C=O) groups is 1. The van der Waals surface area contributed by atoms with Gasteiger partial charge in [-0.3, -0.25) is 4.79 Å². The zero-order valence-corrected chi connectivity index (χ0v) is 20.2. The van der Waals surface area contributed by atoms with Gasteiger partial charge in [0.1, 0.15) is 16.4 Å².